The van der Waals surface area contributed by atoms with Gasteiger partial charge in [-0.05, 0) is 18.6 Å². The number of hydrogen-bond acceptors (Lipinski definition) is 7. The number of hydrogen-bond donors (Lipinski definition) is 2. The second-order valence-corrected chi connectivity index (χ2v) is 7.15. The number of benzene rings is 1. The number of nitrogen functional groups attached to an aromatic ring is 1. The van der Waals surface area contributed by atoms with Crippen LogP contribution in [0.1, 0.15) is 6.42 Å². The monoisotopic (exact) mass is 379 g/mol. The Hall–Kier alpha value is -2.19. The molecule has 0 radical (unpaired) electrons. The van der Waals surface area contributed by atoms with Gasteiger partial charge >= 0.3 is 6.09 Å². The van der Waals surface area contributed by atoms with E-state index in [-0.39, 0.29) is 5.92 Å². The largest absolute Gasteiger partial charge is 0.449 e. The molecule has 2 aromatic rings. The molecule has 4 N–H and O–H groups in total. The lowest BCUT2D eigenvalue weighted by Gasteiger charge is -2.17. The van der Waals surface area contributed by atoms with Gasteiger partial charge in [-0.3, -0.25) is 0 Å². The van der Waals surface area contributed by atoms with Crippen LogP contribution >= 0.6 is 23.4 Å². The lowest BCUT2D eigenvalue weighted by atomic mass is 10.1. The number of primary amides is 1. The number of aromatic nitrogens is 2. The molecule has 1 atom stereocenters. The number of rotatable bonds is 5. The van der Waals surface area contributed by atoms with E-state index in [0.717, 1.165) is 35.2 Å². The smallest absolute Gasteiger partial charge is 0.404 e. The lowest BCUT2D eigenvalue weighted by molar-refractivity contribution is 0.140. The van der Waals surface area contributed by atoms with Gasteiger partial charge in [0.25, 0.3) is 0 Å². The molecule has 1 aliphatic rings. The van der Waals surface area contributed by atoms with Gasteiger partial charge in [0.05, 0.1) is 29.7 Å². The van der Waals surface area contributed by atoms with Crippen LogP contribution in [0.25, 0.3) is 0 Å². The summed E-state index contributed by atoms with van der Waals surface area (Å²) in [5.41, 5.74) is 11.3. The fourth-order valence-corrected chi connectivity index (χ4v) is 3.65. The van der Waals surface area contributed by atoms with Gasteiger partial charge in [-0.15, -0.1) is 0 Å². The predicted octanol–water partition coefficient (Wildman–Crippen LogP) is 2.79. The molecule has 1 aromatic carbocycles. The van der Waals surface area contributed by atoms with E-state index in [2.05, 4.69) is 14.9 Å². The van der Waals surface area contributed by atoms with Crippen molar-refractivity contribution in [3.8, 4) is 0 Å². The Labute approximate surface area is 154 Å². The minimum atomic E-state index is -0.736. The summed E-state index contributed by atoms with van der Waals surface area (Å²) in [6.07, 6.45) is 3.64. The Bertz CT molecular complexity index is 759. The van der Waals surface area contributed by atoms with Crippen molar-refractivity contribution in [1.29, 1.82) is 0 Å². The molecule has 132 valence electrons. The molecule has 1 aromatic heterocycles. The number of ether oxygens (including phenoxy) is 1. The van der Waals surface area contributed by atoms with Crippen molar-refractivity contribution in [3.05, 3.63) is 35.6 Å². The van der Waals surface area contributed by atoms with E-state index in [0.29, 0.717) is 17.3 Å². The number of carbonyl (C=O) groups is 1. The van der Waals surface area contributed by atoms with Crippen molar-refractivity contribution in [1.82, 2.24) is 9.97 Å². The summed E-state index contributed by atoms with van der Waals surface area (Å²) < 4.78 is 4.87. The molecule has 2 heterocycles. The molecule has 25 heavy (non-hydrogen) atoms. The minimum absolute atomic E-state index is 0.259. The maximum atomic E-state index is 10.7. The van der Waals surface area contributed by atoms with Crippen molar-refractivity contribution >= 4 is 41.0 Å². The topological polar surface area (TPSA) is 107 Å². The van der Waals surface area contributed by atoms with E-state index >= 15 is 0 Å². The Balaban J connectivity index is 1.61. The standard InChI is InChI=1S/C16H18ClN5O2S/c17-15-11(18)2-1-3-12(15)25-14-7-20-13(6-21-14)22-5-4-10(8-22)9-24-16(19)23/h1-3,6-7,10H,4-5,8-9,18H2,(H2,19,23)/t10-/m1/s1. The van der Waals surface area contributed by atoms with Crippen molar-refractivity contribution in [2.45, 2.75) is 16.3 Å². The van der Waals surface area contributed by atoms with Crippen molar-refractivity contribution in [2.75, 3.05) is 30.3 Å². The fourth-order valence-electron chi connectivity index (χ4n) is 2.62. The summed E-state index contributed by atoms with van der Waals surface area (Å²) in [4.78, 5) is 22.6. The average molecular weight is 380 g/mol. The van der Waals surface area contributed by atoms with Crippen LogP contribution in [0.4, 0.5) is 16.3 Å². The Morgan fingerprint density at radius 1 is 1.40 bits per heavy atom. The van der Waals surface area contributed by atoms with Crippen molar-refractivity contribution in [2.24, 2.45) is 11.7 Å². The molecule has 0 unspecified atom stereocenters. The molecule has 1 fully saturated rings. The SMILES string of the molecule is NC(=O)OC[C@@H]1CCN(c2cnc(Sc3cccc(N)c3Cl)cn2)C1. The van der Waals surface area contributed by atoms with E-state index in [9.17, 15) is 4.79 Å². The van der Waals surface area contributed by atoms with Crippen LogP contribution < -0.4 is 16.4 Å². The summed E-state index contributed by atoms with van der Waals surface area (Å²) >= 11 is 7.62. The summed E-state index contributed by atoms with van der Waals surface area (Å²) in [5, 5.41) is 1.26. The van der Waals surface area contributed by atoms with Gasteiger partial charge in [0, 0.05) is 23.9 Å². The number of anilines is 2. The fraction of sp³-hybridized carbons (Fsp3) is 0.312. The van der Waals surface area contributed by atoms with Crippen LogP contribution in [0, 0.1) is 5.92 Å². The summed E-state index contributed by atoms with van der Waals surface area (Å²) in [7, 11) is 0. The van der Waals surface area contributed by atoms with E-state index < -0.39 is 6.09 Å². The second kappa shape index (κ2) is 7.79. The van der Waals surface area contributed by atoms with Gasteiger partial charge in [-0.2, -0.15) is 0 Å². The molecule has 0 bridgehead atoms. The Morgan fingerprint density at radius 3 is 2.96 bits per heavy atom. The van der Waals surface area contributed by atoms with Gasteiger partial charge in [-0.25, -0.2) is 14.8 Å². The number of carbonyl (C=O) groups excluding carboxylic acids is 1. The Kier molecular flexibility index (Phi) is 5.50. The molecular formula is C16H18ClN5O2S. The van der Waals surface area contributed by atoms with E-state index in [4.69, 9.17) is 27.8 Å². The van der Waals surface area contributed by atoms with E-state index in [1.165, 1.54) is 11.8 Å². The third-order valence-electron chi connectivity index (χ3n) is 3.89. The highest BCUT2D eigenvalue weighted by atomic mass is 35.5. The van der Waals surface area contributed by atoms with Crippen molar-refractivity contribution < 1.29 is 9.53 Å². The normalized spacial score (nSPS) is 16.8. The highest BCUT2D eigenvalue weighted by Gasteiger charge is 2.24. The lowest BCUT2D eigenvalue weighted by Crippen LogP contribution is -2.24. The van der Waals surface area contributed by atoms with Gasteiger partial charge < -0.3 is 21.1 Å². The molecule has 1 amide bonds. The second-order valence-electron chi connectivity index (χ2n) is 5.71. The Morgan fingerprint density at radius 2 is 2.24 bits per heavy atom. The first-order valence-electron chi connectivity index (χ1n) is 7.74. The zero-order chi connectivity index (χ0) is 17.8. The summed E-state index contributed by atoms with van der Waals surface area (Å²) in [6, 6.07) is 5.50. The van der Waals surface area contributed by atoms with E-state index in [1.807, 2.05) is 12.1 Å². The molecule has 0 saturated carbocycles. The van der Waals surface area contributed by atoms with Crippen LogP contribution in [0.3, 0.4) is 0 Å². The maximum absolute atomic E-state index is 10.7. The van der Waals surface area contributed by atoms with Gasteiger partial charge in [0.15, 0.2) is 0 Å². The van der Waals surface area contributed by atoms with Gasteiger partial charge in [0.2, 0.25) is 0 Å². The van der Waals surface area contributed by atoms with Crippen LogP contribution in [0.15, 0.2) is 40.5 Å². The zero-order valence-electron chi connectivity index (χ0n) is 13.4. The third-order valence-corrected chi connectivity index (χ3v) is 5.41. The zero-order valence-corrected chi connectivity index (χ0v) is 15.0. The number of halogens is 1. The van der Waals surface area contributed by atoms with Gasteiger partial charge in [0.1, 0.15) is 10.8 Å². The molecule has 9 heteroatoms. The number of amides is 1. The molecule has 1 saturated heterocycles. The number of nitrogens with zero attached hydrogens (tertiary/aromatic N) is 3. The molecule has 1 aliphatic heterocycles. The third kappa shape index (κ3) is 4.46. The summed E-state index contributed by atoms with van der Waals surface area (Å²) in [6.45, 7) is 1.94. The molecule has 7 nitrogen and oxygen atoms in total. The van der Waals surface area contributed by atoms with Crippen LogP contribution in [0.2, 0.25) is 5.02 Å². The first-order valence-corrected chi connectivity index (χ1v) is 8.93. The van der Waals surface area contributed by atoms with Crippen LogP contribution in [-0.2, 0) is 4.74 Å². The van der Waals surface area contributed by atoms with Crippen molar-refractivity contribution in [3.63, 3.8) is 0 Å². The quantitative estimate of drug-likeness (QED) is 0.769. The molecule has 0 spiro atoms. The highest BCUT2D eigenvalue weighted by molar-refractivity contribution is 7.99. The first kappa shape index (κ1) is 17.6. The minimum Gasteiger partial charge on any atom is -0.449 e. The first-order chi connectivity index (χ1) is 12.0. The van der Waals surface area contributed by atoms with Crippen LogP contribution in [-0.4, -0.2) is 35.8 Å². The molecule has 0 aliphatic carbocycles. The average Bonchev–Trinajstić information content (AvgIpc) is 3.07. The molecule has 3 rings (SSSR count). The van der Waals surface area contributed by atoms with Crippen LogP contribution in [0.5, 0.6) is 0 Å². The van der Waals surface area contributed by atoms with E-state index in [1.54, 1.807) is 18.5 Å². The predicted molar refractivity (Wildman–Crippen MR) is 97.9 cm³/mol. The highest BCUT2D eigenvalue weighted by Crippen LogP contribution is 2.35. The van der Waals surface area contributed by atoms with Gasteiger partial charge in [-0.1, -0.05) is 29.4 Å². The molecular weight excluding hydrogens is 362 g/mol. The summed E-state index contributed by atoms with van der Waals surface area (Å²) in [5.74, 6) is 1.05. The number of nitrogens with two attached hydrogens (primary N) is 2. The maximum Gasteiger partial charge on any atom is 0.404 e.